The first kappa shape index (κ1) is 16.5. The van der Waals surface area contributed by atoms with Gasteiger partial charge >= 0.3 is 0 Å². The fourth-order valence-corrected chi connectivity index (χ4v) is 2.71. The summed E-state index contributed by atoms with van der Waals surface area (Å²) in [6.07, 6.45) is 0.867. The van der Waals surface area contributed by atoms with Gasteiger partial charge in [-0.15, -0.1) is 0 Å². The molecule has 0 unspecified atom stereocenters. The zero-order chi connectivity index (χ0) is 15.3. The van der Waals surface area contributed by atoms with Gasteiger partial charge in [-0.3, -0.25) is 4.79 Å². The first-order chi connectivity index (χ1) is 9.40. The zero-order valence-corrected chi connectivity index (χ0v) is 13.6. The van der Waals surface area contributed by atoms with Gasteiger partial charge in [0.25, 0.3) is 0 Å². The Kier molecular flexibility index (Phi) is 6.00. The van der Waals surface area contributed by atoms with Crippen molar-refractivity contribution >= 4 is 11.5 Å². The molecule has 0 aliphatic carbocycles. The Morgan fingerprint density at radius 3 is 1.95 bits per heavy atom. The average molecular weight is 273 g/mol. The smallest absolute Gasteiger partial charge is 0.250 e. The van der Waals surface area contributed by atoms with Gasteiger partial charge in [0, 0.05) is 17.7 Å². The van der Waals surface area contributed by atoms with Crippen molar-refractivity contribution in [2.45, 2.75) is 60.0 Å². The molecule has 0 aromatic heterocycles. The number of carbonyl (C=O) groups excluding carboxylic acids is 1. The van der Waals surface area contributed by atoms with Crippen molar-refractivity contribution in [2.24, 2.45) is 0 Å². The number of carbonyl (C=O) groups is 1. The van der Waals surface area contributed by atoms with Crippen LogP contribution in [0.1, 0.15) is 53.5 Å². The van der Waals surface area contributed by atoms with E-state index in [9.17, 15) is 4.79 Å². The molecule has 0 atom stereocenters. The molecule has 0 N–H and O–H groups in total. The summed E-state index contributed by atoms with van der Waals surface area (Å²) in [6.45, 7) is 12.3. The van der Waals surface area contributed by atoms with E-state index in [0.717, 1.165) is 23.1 Å². The first-order valence-electron chi connectivity index (χ1n) is 7.47. The maximum absolute atomic E-state index is 12.8. The average Bonchev–Trinajstić information content (AvgIpc) is 2.39. The maximum Gasteiger partial charge on any atom is 0.250 e. The normalized spacial score (nSPS) is 12.6. The van der Waals surface area contributed by atoms with Crippen molar-refractivity contribution in [3.05, 3.63) is 41.5 Å². The van der Waals surface area contributed by atoms with Crippen molar-refractivity contribution < 1.29 is 4.79 Å². The molecule has 0 bridgehead atoms. The largest absolute Gasteiger partial charge is 0.334 e. The van der Waals surface area contributed by atoms with E-state index in [1.807, 2.05) is 30.0 Å². The monoisotopic (exact) mass is 273 g/mol. The second-order valence-electron chi connectivity index (χ2n) is 5.72. The standard InChI is InChI=1S/C18H27NO/c1-7-17(16-11-9-8-10-12-16)15(6)18(20)19(13(2)3)14(4)5/h8-14H,7H2,1-6H3/b17-15+. The van der Waals surface area contributed by atoms with Gasteiger partial charge in [0.1, 0.15) is 0 Å². The number of hydrogen-bond acceptors (Lipinski definition) is 1. The maximum atomic E-state index is 12.8. The van der Waals surface area contributed by atoms with Crippen LogP contribution in [0.2, 0.25) is 0 Å². The Morgan fingerprint density at radius 2 is 1.55 bits per heavy atom. The molecule has 0 aliphatic heterocycles. The van der Waals surface area contributed by atoms with Crippen LogP contribution < -0.4 is 0 Å². The van der Waals surface area contributed by atoms with E-state index < -0.39 is 0 Å². The molecule has 1 aromatic rings. The molecule has 2 nitrogen and oxygen atoms in total. The molecule has 0 heterocycles. The third-order valence-corrected chi connectivity index (χ3v) is 3.60. The SMILES string of the molecule is CC/C(=C(/C)C(=O)N(C(C)C)C(C)C)c1ccccc1. The van der Waals surface area contributed by atoms with Crippen LogP contribution in [0.5, 0.6) is 0 Å². The van der Waals surface area contributed by atoms with E-state index in [2.05, 4.69) is 46.8 Å². The summed E-state index contributed by atoms with van der Waals surface area (Å²) in [5.41, 5.74) is 3.15. The van der Waals surface area contributed by atoms with Crippen LogP contribution in [-0.4, -0.2) is 22.9 Å². The summed E-state index contributed by atoms with van der Waals surface area (Å²) in [4.78, 5) is 14.7. The summed E-state index contributed by atoms with van der Waals surface area (Å²) in [7, 11) is 0. The van der Waals surface area contributed by atoms with Gasteiger partial charge in [-0.25, -0.2) is 0 Å². The van der Waals surface area contributed by atoms with E-state index in [0.29, 0.717) is 0 Å². The van der Waals surface area contributed by atoms with Crippen LogP contribution in [0.25, 0.3) is 5.57 Å². The van der Waals surface area contributed by atoms with Crippen molar-refractivity contribution in [2.75, 3.05) is 0 Å². The van der Waals surface area contributed by atoms with Crippen LogP contribution >= 0.6 is 0 Å². The Labute approximate surface area is 123 Å². The minimum Gasteiger partial charge on any atom is -0.334 e. The van der Waals surface area contributed by atoms with E-state index in [4.69, 9.17) is 0 Å². The zero-order valence-electron chi connectivity index (χ0n) is 13.6. The third-order valence-electron chi connectivity index (χ3n) is 3.60. The molecule has 1 rings (SSSR count). The molecular weight excluding hydrogens is 246 g/mol. The molecule has 0 spiro atoms. The fourth-order valence-electron chi connectivity index (χ4n) is 2.71. The molecule has 0 fully saturated rings. The molecular formula is C18H27NO. The second-order valence-corrected chi connectivity index (χ2v) is 5.72. The highest BCUT2D eigenvalue weighted by atomic mass is 16.2. The number of allylic oxidation sites excluding steroid dienone is 1. The highest BCUT2D eigenvalue weighted by molar-refractivity contribution is 6.00. The van der Waals surface area contributed by atoms with Gasteiger partial charge in [-0.1, -0.05) is 37.3 Å². The van der Waals surface area contributed by atoms with Gasteiger partial charge in [-0.05, 0) is 52.2 Å². The van der Waals surface area contributed by atoms with Crippen molar-refractivity contribution in [1.29, 1.82) is 0 Å². The Balaban J connectivity index is 3.20. The van der Waals surface area contributed by atoms with Gasteiger partial charge in [-0.2, -0.15) is 0 Å². The van der Waals surface area contributed by atoms with E-state index >= 15 is 0 Å². The number of amides is 1. The van der Waals surface area contributed by atoms with Crippen LogP contribution in [0.15, 0.2) is 35.9 Å². The summed E-state index contributed by atoms with van der Waals surface area (Å²) in [5.74, 6) is 0.149. The summed E-state index contributed by atoms with van der Waals surface area (Å²) in [6, 6.07) is 10.6. The summed E-state index contributed by atoms with van der Waals surface area (Å²) in [5, 5.41) is 0. The van der Waals surface area contributed by atoms with Crippen molar-refractivity contribution in [1.82, 2.24) is 4.90 Å². The van der Waals surface area contributed by atoms with E-state index in [1.54, 1.807) is 0 Å². The summed E-state index contributed by atoms with van der Waals surface area (Å²) >= 11 is 0. The second kappa shape index (κ2) is 7.28. The molecule has 0 aliphatic rings. The third kappa shape index (κ3) is 3.72. The van der Waals surface area contributed by atoms with Crippen LogP contribution in [-0.2, 0) is 4.79 Å². The molecule has 110 valence electrons. The number of hydrogen-bond donors (Lipinski definition) is 0. The molecule has 2 heteroatoms. The Bertz CT molecular complexity index is 463. The molecule has 1 amide bonds. The van der Waals surface area contributed by atoms with Gasteiger partial charge in [0.15, 0.2) is 0 Å². The van der Waals surface area contributed by atoms with Crippen molar-refractivity contribution in [3.63, 3.8) is 0 Å². The highest BCUT2D eigenvalue weighted by Gasteiger charge is 2.23. The topological polar surface area (TPSA) is 20.3 Å². The number of nitrogens with zero attached hydrogens (tertiary/aromatic N) is 1. The van der Waals surface area contributed by atoms with Crippen molar-refractivity contribution in [3.8, 4) is 0 Å². The molecule has 0 radical (unpaired) electrons. The van der Waals surface area contributed by atoms with Gasteiger partial charge in [0.05, 0.1) is 0 Å². The molecule has 20 heavy (non-hydrogen) atoms. The predicted octanol–water partition coefficient (Wildman–Crippen LogP) is 4.52. The quantitative estimate of drug-likeness (QED) is 0.722. The Morgan fingerprint density at radius 1 is 1.05 bits per heavy atom. The lowest BCUT2D eigenvalue weighted by Gasteiger charge is -2.31. The lowest BCUT2D eigenvalue weighted by molar-refractivity contribution is -0.130. The molecule has 0 saturated heterocycles. The predicted molar refractivity (Wildman–Crippen MR) is 86.4 cm³/mol. The van der Waals surface area contributed by atoms with Crippen LogP contribution in [0.3, 0.4) is 0 Å². The number of rotatable bonds is 5. The molecule has 1 aromatic carbocycles. The Hall–Kier alpha value is -1.57. The number of benzene rings is 1. The van der Waals surface area contributed by atoms with E-state index in [1.165, 1.54) is 0 Å². The summed E-state index contributed by atoms with van der Waals surface area (Å²) < 4.78 is 0. The minimum atomic E-state index is 0.149. The highest BCUT2D eigenvalue weighted by Crippen LogP contribution is 2.24. The van der Waals surface area contributed by atoms with Crippen LogP contribution in [0.4, 0.5) is 0 Å². The fraction of sp³-hybridized carbons (Fsp3) is 0.500. The van der Waals surface area contributed by atoms with Gasteiger partial charge < -0.3 is 4.90 Å². The van der Waals surface area contributed by atoms with Crippen LogP contribution in [0, 0.1) is 0 Å². The minimum absolute atomic E-state index is 0.149. The lowest BCUT2D eigenvalue weighted by Crippen LogP contribution is -2.42. The lowest BCUT2D eigenvalue weighted by atomic mass is 9.97. The molecule has 0 saturated carbocycles. The van der Waals surface area contributed by atoms with E-state index in [-0.39, 0.29) is 18.0 Å². The van der Waals surface area contributed by atoms with Gasteiger partial charge in [0.2, 0.25) is 5.91 Å². The first-order valence-corrected chi connectivity index (χ1v) is 7.47.